The molecule has 0 aliphatic heterocycles. The van der Waals surface area contributed by atoms with Gasteiger partial charge in [-0.15, -0.1) is 0 Å². The normalized spacial score (nSPS) is 13.0. The summed E-state index contributed by atoms with van der Waals surface area (Å²) < 4.78 is 5.21. The van der Waals surface area contributed by atoms with Crippen molar-refractivity contribution in [1.82, 2.24) is 0 Å². The third-order valence-electron chi connectivity index (χ3n) is 3.76. The maximum absolute atomic E-state index is 12.4. The number of benzene rings is 1. The van der Waals surface area contributed by atoms with E-state index in [1.807, 2.05) is 18.2 Å². The highest BCUT2D eigenvalue weighted by atomic mass is 16.3. The van der Waals surface area contributed by atoms with Gasteiger partial charge in [0.1, 0.15) is 5.76 Å². The summed E-state index contributed by atoms with van der Waals surface area (Å²) in [6.07, 6.45) is 2.60. The van der Waals surface area contributed by atoms with Gasteiger partial charge in [0.25, 0.3) is 5.91 Å². The average Bonchev–Trinajstić information content (AvgIpc) is 2.83. The molecular weight excluding hydrogens is 274 g/mol. The molecule has 1 aromatic carbocycles. The standard InChI is InChI=1S/C19H25NO2/c1-13(12-19(3,4)5)15-8-6-7-9-17(15)20-18(21)16-10-11-22-14(16)2/h6-11,13H,12H2,1-5H3,(H,20,21). The van der Waals surface area contributed by atoms with Crippen LogP contribution in [0.15, 0.2) is 41.0 Å². The molecule has 2 rings (SSSR count). The Labute approximate surface area is 132 Å². The van der Waals surface area contributed by atoms with Crippen LogP contribution in [0.25, 0.3) is 0 Å². The molecular formula is C19H25NO2. The zero-order chi connectivity index (χ0) is 16.3. The summed E-state index contributed by atoms with van der Waals surface area (Å²) >= 11 is 0. The number of nitrogens with one attached hydrogen (secondary N) is 1. The molecule has 0 radical (unpaired) electrons. The Balaban J connectivity index is 2.22. The molecule has 0 aliphatic rings. The van der Waals surface area contributed by atoms with Gasteiger partial charge in [-0.3, -0.25) is 4.79 Å². The first kappa shape index (κ1) is 16.3. The first-order valence-corrected chi connectivity index (χ1v) is 7.72. The average molecular weight is 299 g/mol. The van der Waals surface area contributed by atoms with Gasteiger partial charge in [0.2, 0.25) is 0 Å². The van der Waals surface area contributed by atoms with Crippen molar-refractivity contribution in [2.45, 2.75) is 47.0 Å². The molecule has 1 aromatic heterocycles. The van der Waals surface area contributed by atoms with E-state index in [1.165, 1.54) is 5.56 Å². The van der Waals surface area contributed by atoms with Crippen molar-refractivity contribution in [3.8, 4) is 0 Å². The Morgan fingerprint density at radius 3 is 2.50 bits per heavy atom. The Kier molecular flexibility index (Phi) is 4.74. The highest BCUT2D eigenvalue weighted by molar-refractivity contribution is 6.05. The molecule has 2 aromatic rings. The highest BCUT2D eigenvalue weighted by Crippen LogP contribution is 2.34. The lowest BCUT2D eigenvalue weighted by Gasteiger charge is -2.25. The summed E-state index contributed by atoms with van der Waals surface area (Å²) in [6.45, 7) is 10.7. The number of amides is 1. The topological polar surface area (TPSA) is 42.2 Å². The summed E-state index contributed by atoms with van der Waals surface area (Å²) in [6, 6.07) is 9.72. The molecule has 1 heterocycles. The second-order valence-corrected chi connectivity index (χ2v) is 7.10. The molecule has 22 heavy (non-hydrogen) atoms. The van der Waals surface area contributed by atoms with Crippen molar-refractivity contribution >= 4 is 11.6 Å². The molecule has 1 unspecified atom stereocenters. The van der Waals surface area contributed by atoms with Crippen molar-refractivity contribution < 1.29 is 9.21 Å². The van der Waals surface area contributed by atoms with Crippen molar-refractivity contribution in [2.24, 2.45) is 5.41 Å². The van der Waals surface area contributed by atoms with Gasteiger partial charge < -0.3 is 9.73 Å². The number of anilines is 1. The number of carbonyl (C=O) groups excluding carboxylic acids is 1. The van der Waals surface area contributed by atoms with Gasteiger partial charge in [-0.05, 0) is 42.4 Å². The van der Waals surface area contributed by atoms with Gasteiger partial charge in [0.05, 0.1) is 11.8 Å². The second kappa shape index (κ2) is 6.39. The van der Waals surface area contributed by atoms with Crippen LogP contribution in [-0.4, -0.2) is 5.91 Å². The van der Waals surface area contributed by atoms with Crippen LogP contribution in [0, 0.1) is 12.3 Å². The van der Waals surface area contributed by atoms with E-state index in [4.69, 9.17) is 4.42 Å². The highest BCUT2D eigenvalue weighted by Gasteiger charge is 2.20. The summed E-state index contributed by atoms with van der Waals surface area (Å²) in [5.41, 5.74) is 2.88. The Morgan fingerprint density at radius 2 is 1.91 bits per heavy atom. The van der Waals surface area contributed by atoms with E-state index >= 15 is 0 Å². The van der Waals surface area contributed by atoms with Crippen LogP contribution in [0.1, 0.15) is 61.7 Å². The number of furan rings is 1. The smallest absolute Gasteiger partial charge is 0.259 e. The largest absolute Gasteiger partial charge is 0.469 e. The minimum Gasteiger partial charge on any atom is -0.469 e. The first-order valence-electron chi connectivity index (χ1n) is 7.72. The molecule has 0 saturated carbocycles. The SMILES string of the molecule is Cc1occc1C(=O)Nc1ccccc1C(C)CC(C)(C)C. The number of aryl methyl sites for hydroxylation is 1. The quantitative estimate of drug-likeness (QED) is 0.823. The fraction of sp³-hybridized carbons (Fsp3) is 0.421. The Morgan fingerprint density at radius 1 is 1.23 bits per heavy atom. The summed E-state index contributed by atoms with van der Waals surface area (Å²) in [5, 5.41) is 3.02. The molecule has 0 spiro atoms. The number of para-hydroxylation sites is 1. The molecule has 1 amide bonds. The number of rotatable bonds is 4. The van der Waals surface area contributed by atoms with E-state index in [1.54, 1.807) is 19.3 Å². The molecule has 1 N–H and O–H groups in total. The maximum atomic E-state index is 12.4. The summed E-state index contributed by atoms with van der Waals surface area (Å²) in [5.74, 6) is 0.890. The van der Waals surface area contributed by atoms with Gasteiger partial charge in [-0.25, -0.2) is 0 Å². The lowest BCUT2D eigenvalue weighted by atomic mass is 9.82. The third-order valence-corrected chi connectivity index (χ3v) is 3.76. The van der Waals surface area contributed by atoms with Crippen LogP contribution in [0.4, 0.5) is 5.69 Å². The Hall–Kier alpha value is -2.03. The van der Waals surface area contributed by atoms with Gasteiger partial charge in [-0.2, -0.15) is 0 Å². The molecule has 118 valence electrons. The van der Waals surface area contributed by atoms with Gasteiger partial charge >= 0.3 is 0 Å². The van der Waals surface area contributed by atoms with E-state index in [9.17, 15) is 4.79 Å². The minimum atomic E-state index is -0.123. The fourth-order valence-electron chi connectivity index (χ4n) is 2.88. The maximum Gasteiger partial charge on any atom is 0.259 e. The predicted octanol–water partition coefficient (Wildman–Crippen LogP) is 5.38. The van der Waals surface area contributed by atoms with E-state index in [0.717, 1.165) is 12.1 Å². The zero-order valence-electron chi connectivity index (χ0n) is 14.1. The van der Waals surface area contributed by atoms with E-state index in [2.05, 4.69) is 39.1 Å². The van der Waals surface area contributed by atoms with E-state index in [0.29, 0.717) is 17.2 Å². The van der Waals surface area contributed by atoms with Crippen molar-refractivity contribution in [3.63, 3.8) is 0 Å². The van der Waals surface area contributed by atoms with Crippen LogP contribution >= 0.6 is 0 Å². The molecule has 0 saturated heterocycles. The van der Waals surface area contributed by atoms with E-state index in [-0.39, 0.29) is 11.3 Å². The predicted molar refractivity (Wildman–Crippen MR) is 90.3 cm³/mol. The summed E-state index contributed by atoms with van der Waals surface area (Å²) in [7, 11) is 0. The fourth-order valence-corrected chi connectivity index (χ4v) is 2.88. The van der Waals surface area contributed by atoms with Crippen LogP contribution in [-0.2, 0) is 0 Å². The zero-order valence-corrected chi connectivity index (χ0v) is 14.1. The van der Waals surface area contributed by atoms with Crippen LogP contribution in [0.2, 0.25) is 0 Å². The lowest BCUT2D eigenvalue weighted by Crippen LogP contribution is -2.16. The van der Waals surface area contributed by atoms with Crippen molar-refractivity contribution in [3.05, 3.63) is 53.5 Å². The minimum absolute atomic E-state index is 0.123. The van der Waals surface area contributed by atoms with E-state index < -0.39 is 0 Å². The molecule has 0 aliphatic carbocycles. The monoisotopic (exact) mass is 299 g/mol. The molecule has 1 atom stereocenters. The lowest BCUT2D eigenvalue weighted by molar-refractivity contribution is 0.102. The first-order chi connectivity index (χ1) is 10.3. The van der Waals surface area contributed by atoms with Crippen LogP contribution in [0.5, 0.6) is 0 Å². The van der Waals surface area contributed by atoms with Crippen LogP contribution < -0.4 is 5.32 Å². The molecule has 0 fully saturated rings. The van der Waals surface area contributed by atoms with Gasteiger partial charge in [0, 0.05) is 5.69 Å². The second-order valence-electron chi connectivity index (χ2n) is 7.10. The number of hydrogen-bond donors (Lipinski definition) is 1. The van der Waals surface area contributed by atoms with Crippen molar-refractivity contribution in [1.29, 1.82) is 0 Å². The van der Waals surface area contributed by atoms with Gasteiger partial charge in [-0.1, -0.05) is 45.9 Å². The number of carbonyl (C=O) groups is 1. The third kappa shape index (κ3) is 4.00. The Bertz CT molecular complexity index is 649. The van der Waals surface area contributed by atoms with Gasteiger partial charge in [0.15, 0.2) is 0 Å². The molecule has 3 heteroatoms. The number of hydrogen-bond acceptors (Lipinski definition) is 2. The van der Waals surface area contributed by atoms with Crippen molar-refractivity contribution in [2.75, 3.05) is 5.32 Å². The molecule has 0 bridgehead atoms. The molecule has 3 nitrogen and oxygen atoms in total. The summed E-state index contributed by atoms with van der Waals surface area (Å²) in [4.78, 5) is 12.4. The van der Waals surface area contributed by atoms with Crippen LogP contribution in [0.3, 0.4) is 0 Å².